The molecule has 1 aromatic carbocycles. The van der Waals surface area contributed by atoms with Crippen molar-refractivity contribution in [3.8, 4) is 0 Å². The van der Waals surface area contributed by atoms with Crippen LogP contribution in [0.1, 0.15) is 12.0 Å². The van der Waals surface area contributed by atoms with Crippen LogP contribution < -0.4 is 0 Å². The SMILES string of the molecule is CN1CCC(O)(c2ccc(F)cc2)C1. The van der Waals surface area contributed by atoms with Crippen molar-refractivity contribution in [1.82, 2.24) is 4.90 Å². The van der Waals surface area contributed by atoms with Gasteiger partial charge in [-0.2, -0.15) is 0 Å². The summed E-state index contributed by atoms with van der Waals surface area (Å²) in [5, 5.41) is 10.3. The summed E-state index contributed by atoms with van der Waals surface area (Å²) in [5.74, 6) is -0.260. The molecule has 0 saturated carbocycles. The van der Waals surface area contributed by atoms with E-state index in [-0.39, 0.29) is 5.82 Å². The molecule has 14 heavy (non-hydrogen) atoms. The highest BCUT2D eigenvalue weighted by molar-refractivity contribution is 5.24. The van der Waals surface area contributed by atoms with Crippen molar-refractivity contribution in [2.24, 2.45) is 0 Å². The molecule has 3 heteroatoms. The lowest BCUT2D eigenvalue weighted by molar-refractivity contribution is 0.0488. The number of hydrogen-bond acceptors (Lipinski definition) is 2. The van der Waals surface area contributed by atoms with Crippen LogP contribution in [0.25, 0.3) is 0 Å². The zero-order chi connectivity index (χ0) is 10.2. The number of benzene rings is 1. The van der Waals surface area contributed by atoms with Crippen LogP contribution in [-0.4, -0.2) is 30.1 Å². The Morgan fingerprint density at radius 3 is 2.50 bits per heavy atom. The van der Waals surface area contributed by atoms with Gasteiger partial charge in [-0.05, 0) is 31.2 Å². The summed E-state index contributed by atoms with van der Waals surface area (Å²) < 4.78 is 12.7. The molecule has 1 fully saturated rings. The van der Waals surface area contributed by atoms with Gasteiger partial charge in [-0.25, -0.2) is 4.39 Å². The van der Waals surface area contributed by atoms with Gasteiger partial charge >= 0.3 is 0 Å². The van der Waals surface area contributed by atoms with Crippen molar-refractivity contribution in [1.29, 1.82) is 0 Å². The molecular formula is C11H14FNO. The quantitative estimate of drug-likeness (QED) is 0.731. The Bertz CT molecular complexity index is 325. The van der Waals surface area contributed by atoms with Crippen LogP contribution >= 0.6 is 0 Å². The van der Waals surface area contributed by atoms with Crippen molar-refractivity contribution in [2.45, 2.75) is 12.0 Å². The van der Waals surface area contributed by atoms with Crippen LogP contribution in [0.15, 0.2) is 24.3 Å². The third-order valence-electron chi connectivity index (χ3n) is 2.82. The minimum Gasteiger partial charge on any atom is -0.384 e. The van der Waals surface area contributed by atoms with Gasteiger partial charge in [-0.3, -0.25) is 0 Å². The number of nitrogens with zero attached hydrogens (tertiary/aromatic N) is 1. The summed E-state index contributed by atoms with van der Waals surface area (Å²) >= 11 is 0. The van der Waals surface area contributed by atoms with Crippen molar-refractivity contribution in [3.05, 3.63) is 35.6 Å². The lowest BCUT2D eigenvalue weighted by Crippen LogP contribution is -2.29. The normalized spacial score (nSPS) is 28.2. The molecule has 1 unspecified atom stereocenters. The van der Waals surface area contributed by atoms with Crippen LogP contribution in [0.2, 0.25) is 0 Å². The van der Waals surface area contributed by atoms with E-state index in [0.717, 1.165) is 18.5 Å². The lowest BCUT2D eigenvalue weighted by Gasteiger charge is -2.22. The highest BCUT2D eigenvalue weighted by Crippen LogP contribution is 2.30. The van der Waals surface area contributed by atoms with E-state index >= 15 is 0 Å². The summed E-state index contributed by atoms with van der Waals surface area (Å²) in [6.45, 7) is 1.51. The van der Waals surface area contributed by atoms with Crippen molar-refractivity contribution < 1.29 is 9.50 Å². The van der Waals surface area contributed by atoms with Crippen LogP contribution in [0.5, 0.6) is 0 Å². The van der Waals surface area contributed by atoms with E-state index in [1.54, 1.807) is 12.1 Å². The molecule has 1 saturated heterocycles. The minimum atomic E-state index is -0.789. The average Bonchev–Trinajstić information content (AvgIpc) is 2.48. The van der Waals surface area contributed by atoms with Gasteiger partial charge in [0.2, 0.25) is 0 Å². The predicted octanol–water partition coefficient (Wildman–Crippen LogP) is 1.35. The van der Waals surface area contributed by atoms with Gasteiger partial charge in [0.1, 0.15) is 11.4 Å². The Morgan fingerprint density at radius 1 is 1.36 bits per heavy atom. The number of rotatable bonds is 1. The maximum absolute atomic E-state index is 12.7. The molecule has 1 aromatic rings. The summed E-state index contributed by atoms with van der Waals surface area (Å²) in [6, 6.07) is 6.11. The molecule has 0 amide bonds. The number of hydrogen-bond donors (Lipinski definition) is 1. The van der Waals surface area contributed by atoms with E-state index in [4.69, 9.17) is 0 Å². The first-order valence-corrected chi connectivity index (χ1v) is 4.77. The molecule has 2 rings (SSSR count). The fourth-order valence-electron chi connectivity index (χ4n) is 1.98. The standard InChI is InChI=1S/C11H14FNO/c1-13-7-6-11(14,8-13)9-2-4-10(12)5-3-9/h2-5,14H,6-8H2,1H3. The monoisotopic (exact) mass is 195 g/mol. The van der Waals surface area contributed by atoms with Gasteiger partial charge in [0, 0.05) is 13.1 Å². The second kappa shape index (κ2) is 3.33. The van der Waals surface area contributed by atoms with E-state index in [9.17, 15) is 9.50 Å². The maximum atomic E-state index is 12.7. The predicted molar refractivity (Wildman–Crippen MR) is 52.4 cm³/mol. The molecule has 1 heterocycles. The molecule has 1 aliphatic rings. The average molecular weight is 195 g/mol. The van der Waals surface area contributed by atoms with Gasteiger partial charge < -0.3 is 10.0 Å². The Kier molecular flexibility index (Phi) is 2.29. The molecule has 0 spiro atoms. The Balaban J connectivity index is 2.26. The topological polar surface area (TPSA) is 23.5 Å². The van der Waals surface area contributed by atoms with Gasteiger partial charge in [-0.15, -0.1) is 0 Å². The van der Waals surface area contributed by atoms with Crippen LogP contribution in [-0.2, 0) is 5.60 Å². The first kappa shape index (κ1) is 9.62. The molecule has 1 aliphatic heterocycles. The summed E-state index contributed by atoms with van der Waals surface area (Å²) in [5.41, 5.74) is 0.0193. The fourth-order valence-corrected chi connectivity index (χ4v) is 1.98. The van der Waals surface area contributed by atoms with E-state index in [1.165, 1.54) is 12.1 Å². The second-order valence-electron chi connectivity index (χ2n) is 4.03. The molecule has 1 N–H and O–H groups in total. The largest absolute Gasteiger partial charge is 0.384 e. The zero-order valence-electron chi connectivity index (χ0n) is 8.20. The first-order chi connectivity index (χ1) is 6.60. The minimum absolute atomic E-state index is 0.260. The van der Waals surface area contributed by atoms with Crippen molar-refractivity contribution in [2.75, 3.05) is 20.1 Å². The van der Waals surface area contributed by atoms with Crippen LogP contribution in [0.4, 0.5) is 4.39 Å². The van der Waals surface area contributed by atoms with Crippen molar-refractivity contribution in [3.63, 3.8) is 0 Å². The van der Waals surface area contributed by atoms with Crippen LogP contribution in [0, 0.1) is 5.82 Å². The van der Waals surface area contributed by atoms with Gasteiger partial charge in [0.15, 0.2) is 0 Å². The molecule has 0 aliphatic carbocycles. The molecular weight excluding hydrogens is 181 g/mol. The molecule has 0 bridgehead atoms. The third-order valence-corrected chi connectivity index (χ3v) is 2.82. The number of likely N-dealkylation sites (N-methyl/N-ethyl adjacent to an activating group) is 1. The van der Waals surface area contributed by atoms with Crippen LogP contribution in [0.3, 0.4) is 0 Å². The zero-order valence-corrected chi connectivity index (χ0v) is 8.20. The smallest absolute Gasteiger partial charge is 0.123 e. The first-order valence-electron chi connectivity index (χ1n) is 4.77. The second-order valence-corrected chi connectivity index (χ2v) is 4.03. The molecule has 0 radical (unpaired) electrons. The summed E-state index contributed by atoms with van der Waals surface area (Å²) in [7, 11) is 1.97. The number of aliphatic hydroxyl groups is 1. The highest BCUT2D eigenvalue weighted by atomic mass is 19.1. The lowest BCUT2D eigenvalue weighted by atomic mass is 9.93. The Labute approximate surface area is 83.0 Å². The van der Waals surface area contributed by atoms with E-state index in [1.807, 2.05) is 7.05 Å². The fraction of sp³-hybridized carbons (Fsp3) is 0.455. The number of likely N-dealkylation sites (tertiary alicyclic amines) is 1. The Morgan fingerprint density at radius 2 is 2.00 bits per heavy atom. The molecule has 1 atom stereocenters. The van der Waals surface area contributed by atoms with E-state index in [0.29, 0.717) is 6.54 Å². The summed E-state index contributed by atoms with van der Waals surface area (Å²) in [4.78, 5) is 2.07. The molecule has 2 nitrogen and oxygen atoms in total. The van der Waals surface area contributed by atoms with Gasteiger partial charge in [0.25, 0.3) is 0 Å². The molecule has 76 valence electrons. The summed E-state index contributed by atoms with van der Waals surface area (Å²) in [6.07, 6.45) is 0.717. The van der Waals surface area contributed by atoms with Crippen molar-refractivity contribution >= 4 is 0 Å². The Hall–Kier alpha value is -0.930. The van der Waals surface area contributed by atoms with Gasteiger partial charge in [0.05, 0.1) is 0 Å². The maximum Gasteiger partial charge on any atom is 0.123 e. The number of halogens is 1. The number of β-amino-alcohol motifs (C(OH)–C–C–N with tert-alkyl or cyclic N) is 1. The van der Waals surface area contributed by atoms with E-state index < -0.39 is 5.60 Å². The van der Waals surface area contributed by atoms with E-state index in [2.05, 4.69) is 4.90 Å². The third kappa shape index (κ3) is 1.65. The molecule has 0 aromatic heterocycles. The highest BCUT2D eigenvalue weighted by Gasteiger charge is 2.35. The van der Waals surface area contributed by atoms with Gasteiger partial charge in [-0.1, -0.05) is 12.1 Å².